The highest BCUT2D eigenvalue weighted by molar-refractivity contribution is 14.0. The van der Waals surface area contributed by atoms with E-state index in [-0.39, 0.29) is 29.8 Å². The third kappa shape index (κ3) is 6.85. The van der Waals surface area contributed by atoms with Crippen LogP contribution in [0.25, 0.3) is 0 Å². The van der Waals surface area contributed by atoms with Gasteiger partial charge in [-0.3, -0.25) is 0 Å². The Kier molecular flexibility index (Phi) is 9.18. The summed E-state index contributed by atoms with van der Waals surface area (Å²) in [6.07, 6.45) is 1.75. The minimum absolute atomic E-state index is 0. The molecule has 7 heteroatoms. The number of guanidine groups is 1. The molecule has 0 spiro atoms. The molecule has 2 aromatic rings. The number of halogens is 2. The molecule has 0 saturated heterocycles. The molecule has 2 N–H and O–H groups in total. The first kappa shape index (κ1) is 21.1. The van der Waals surface area contributed by atoms with Gasteiger partial charge in [0.2, 0.25) is 5.88 Å². The quantitative estimate of drug-likeness (QED) is 0.396. The van der Waals surface area contributed by atoms with Crippen molar-refractivity contribution in [3.05, 3.63) is 59.0 Å². The fourth-order valence-electron chi connectivity index (χ4n) is 2.14. The van der Waals surface area contributed by atoms with Crippen LogP contribution in [-0.2, 0) is 13.1 Å². The first-order chi connectivity index (χ1) is 11.6. The Labute approximate surface area is 165 Å². The zero-order valence-corrected chi connectivity index (χ0v) is 17.0. The Balaban J connectivity index is 0.00000312. The summed E-state index contributed by atoms with van der Waals surface area (Å²) in [5.41, 5.74) is 2.64. The Hall–Kier alpha value is -1.90. The Bertz CT molecular complexity index is 692. The largest absolute Gasteiger partial charge is 0.481 e. The second kappa shape index (κ2) is 10.9. The standard InChI is InChI=1S/C18H23FN4O.HI/c1-4-20-18(22-10-14-5-7-16(19)13(2)9-14)23-12-15-6-8-17(24-3)21-11-15;/h5-9,11H,4,10,12H2,1-3H3,(H2,20,22,23);1H. The van der Waals surface area contributed by atoms with Gasteiger partial charge in [-0.25, -0.2) is 14.4 Å². The van der Waals surface area contributed by atoms with Crippen LogP contribution >= 0.6 is 24.0 Å². The van der Waals surface area contributed by atoms with E-state index < -0.39 is 0 Å². The number of hydrogen-bond donors (Lipinski definition) is 2. The van der Waals surface area contributed by atoms with E-state index in [2.05, 4.69) is 20.6 Å². The fraction of sp³-hybridized carbons (Fsp3) is 0.333. The van der Waals surface area contributed by atoms with Gasteiger partial charge in [-0.15, -0.1) is 24.0 Å². The van der Waals surface area contributed by atoms with Crippen LogP contribution in [0.15, 0.2) is 41.5 Å². The number of ether oxygens (including phenoxy) is 1. The average Bonchev–Trinajstić information content (AvgIpc) is 2.60. The van der Waals surface area contributed by atoms with Gasteiger partial charge >= 0.3 is 0 Å². The van der Waals surface area contributed by atoms with E-state index >= 15 is 0 Å². The number of aliphatic imine (C=N–C) groups is 1. The summed E-state index contributed by atoms with van der Waals surface area (Å²) < 4.78 is 18.4. The molecule has 0 radical (unpaired) electrons. The molecule has 0 amide bonds. The maximum atomic E-state index is 13.3. The first-order valence-electron chi connectivity index (χ1n) is 7.88. The van der Waals surface area contributed by atoms with Gasteiger partial charge in [-0.1, -0.05) is 18.2 Å². The van der Waals surface area contributed by atoms with Crippen molar-refractivity contribution in [2.75, 3.05) is 13.7 Å². The molecule has 0 aliphatic rings. The number of aromatic nitrogens is 1. The molecule has 0 aliphatic heterocycles. The number of nitrogens with zero attached hydrogens (tertiary/aromatic N) is 2. The lowest BCUT2D eigenvalue weighted by Gasteiger charge is -2.12. The molecule has 0 aliphatic carbocycles. The number of benzene rings is 1. The molecule has 25 heavy (non-hydrogen) atoms. The molecular formula is C18H24FIN4O. The molecule has 0 unspecified atom stereocenters. The van der Waals surface area contributed by atoms with E-state index in [9.17, 15) is 4.39 Å². The molecule has 1 aromatic carbocycles. The highest BCUT2D eigenvalue weighted by atomic mass is 127. The fourth-order valence-corrected chi connectivity index (χ4v) is 2.14. The minimum Gasteiger partial charge on any atom is -0.481 e. The Morgan fingerprint density at radius 1 is 1.20 bits per heavy atom. The molecular weight excluding hydrogens is 434 g/mol. The smallest absolute Gasteiger partial charge is 0.212 e. The van der Waals surface area contributed by atoms with E-state index in [1.165, 1.54) is 6.07 Å². The van der Waals surface area contributed by atoms with Gasteiger partial charge in [0, 0.05) is 25.4 Å². The van der Waals surface area contributed by atoms with Crippen LogP contribution in [0, 0.1) is 12.7 Å². The van der Waals surface area contributed by atoms with Crippen LogP contribution in [0.3, 0.4) is 0 Å². The van der Waals surface area contributed by atoms with Gasteiger partial charge in [0.15, 0.2) is 5.96 Å². The van der Waals surface area contributed by atoms with Gasteiger partial charge in [0.05, 0.1) is 13.7 Å². The minimum atomic E-state index is -0.189. The molecule has 136 valence electrons. The van der Waals surface area contributed by atoms with E-state index in [0.29, 0.717) is 30.5 Å². The highest BCUT2D eigenvalue weighted by Crippen LogP contribution is 2.09. The summed E-state index contributed by atoms with van der Waals surface area (Å²) >= 11 is 0. The lowest BCUT2D eigenvalue weighted by molar-refractivity contribution is 0.397. The van der Waals surface area contributed by atoms with Crippen molar-refractivity contribution in [1.82, 2.24) is 15.6 Å². The van der Waals surface area contributed by atoms with Crippen molar-refractivity contribution >= 4 is 29.9 Å². The summed E-state index contributed by atoms with van der Waals surface area (Å²) in [6, 6.07) is 8.83. The van der Waals surface area contributed by atoms with Crippen LogP contribution < -0.4 is 15.4 Å². The van der Waals surface area contributed by atoms with Crippen molar-refractivity contribution in [3.8, 4) is 5.88 Å². The summed E-state index contributed by atoms with van der Waals surface area (Å²) in [7, 11) is 1.59. The maximum absolute atomic E-state index is 13.3. The van der Waals surface area contributed by atoms with Crippen molar-refractivity contribution in [2.45, 2.75) is 26.9 Å². The zero-order chi connectivity index (χ0) is 17.4. The van der Waals surface area contributed by atoms with Crippen LogP contribution in [-0.4, -0.2) is 24.6 Å². The highest BCUT2D eigenvalue weighted by Gasteiger charge is 2.02. The summed E-state index contributed by atoms with van der Waals surface area (Å²) in [6.45, 7) is 5.61. The number of hydrogen-bond acceptors (Lipinski definition) is 3. The van der Waals surface area contributed by atoms with Crippen LogP contribution in [0.2, 0.25) is 0 Å². The summed E-state index contributed by atoms with van der Waals surface area (Å²) in [5, 5.41) is 6.44. The van der Waals surface area contributed by atoms with E-state index in [1.54, 1.807) is 26.3 Å². The molecule has 5 nitrogen and oxygen atoms in total. The SMILES string of the molecule is CCNC(=NCc1ccc(OC)nc1)NCc1ccc(F)c(C)c1.I. The lowest BCUT2D eigenvalue weighted by atomic mass is 10.1. The van der Waals surface area contributed by atoms with Crippen molar-refractivity contribution in [3.63, 3.8) is 0 Å². The predicted octanol–water partition coefficient (Wildman–Crippen LogP) is 3.41. The summed E-state index contributed by atoms with van der Waals surface area (Å²) in [5.74, 6) is 1.10. The zero-order valence-electron chi connectivity index (χ0n) is 14.7. The molecule has 0 bridgehead atoms. The number of aryl methyl sites for hydroxylation is 1. The number of methoxy groups -OCH3 is 1. The van der Waals surface area contributed by atoms with Crippen LogP contribution in [0.4, 0.5) is 4.39 Å². The van der Waals surface area contributed by atoms with Crippen molar-refractivity contribution in [1.29, 1.82) is 0 Å². The average molecular weight is 458 g/mol. The molecule has 1 aromatic heterocycles. The molecule has 0 fully saturated rings. The van der Waals surface area contributed by atoms with Crippen LogP contribution in [0.5, 0.6) is 5.88 Å². The predicted molar refractivity (Wildman–Crippen MR) is 109 cm³/mol. The normalized spacial score (nSPS) is 10.8. The second-order valence-electron chi connectivity index (χ2n) is 5.34. The Morgan fingerprint density at radius 2 is 1.96 bits per heavy atom. The number of pyridine rings is 1. The topological polar surface area (TPSA) is 58.5 Å². The van der Waals surface area contributed by atoms with Crippen molar-refractivity contribution < 1.29 is 9.13 Å². The van der Waals surface area contributed by atoms with Gasteiger partial charge in [0.25, 0.3) is 0 Å². The van der Waals surface area contributed by atoms with Gasteiger partial charge in [0.1, 0.15) is 5.82 Å². The molecule has 1 heterocycles. The third-order valence-corrected chi connectivity index (χ3v) is 3.45. The Morgan fingerprint density at radius 3 is 2.56 bits per heavy atom. The van der Waals surface area contributed by atoms with Gasteiger partial charge < -0.3 is 15.4 Å². The number of nitrogens with one attached hydrogen (secondary N) is 2. The van der Waals surface area contributed by atoms with Crippen molar-refractivity contribution in [2.24, 2.45) is 4.99 Å². The van der Waals surface area contributed by atoms with Gasteiger partial charge in [-0.05, 0) is 36.6 Å². The molecule has 0 saturated carbocycles. The van der Waals surface area contributed by atoms with Gasteiger partial charge in [-0.2, -0.15) is 0 Å². The number of rotatable bonds is 6. The summed E-state index contributed by atoms with van der Waals surface area (Å²) in [4.78, 5) is 8.70. The second-order valence-corrected chi connectivity index (χ2v) is 5.34. The van der Waals surface area contributed by atoms with E-state index in [4.69, 9.17) is 4.74 Å². The lowest BCUT2D eigenvalue weighted by Crippen LogP contribution is -2.36. The maximum Gasteiger partial charge on any atom is 0.212 e. The monoisotopic (exact) mass is 458 g/mol. The van der Waals surface area contributed by atoms with E-state index in [0.717, 1.165) is 17.7 Å². The first-order valence-corrected chi connectivity index (χ1v) is 7.88. The molecule has 0 atom stereocenters. The van der Waals surface area contributed by atoms with E-state index in [1.807, 2.05) is 25.1 Å². The van der Waals surface area contributed by atoms with Crippen LogP contribution in [0.1, 0.15) is 23.6 Å². The third-order valence-electron chi connectivity index (χ3n) is 3.45. The molecule has 2 rings (SSSR count).